The van der Waals surface area contributed by atoms with Gasteiger partial charge in [0.05, 0.1) is 12.0 Å². The lowest BCUT2D eigenvalue weighted by Crippen LogP contribution is -2.20. The second-order valence-corrected chi connectivity index (χ2v) is 5.68. The Balaban J connectivity index is 1.81. The Morgan fingerprint density at radius 3 is 2.88 bits per heavy atom. The molecule has 1 atom stereocenters. The molecule has 26 heavy (non-hydrogen) atoms. The van der Waals surface area contributed by atoms with Crippen LogP contribution >= 0.6 is 0 Å². The number of hydrogen-bond donors (Lipinski definition) is 1. The van der Waals surface area contributed by atoms with E-state index in [0.29, 0.717) is 5.95 Å². The van der Waals surface area contributed by atoms with Crippen molar-refractivity contribution in [3.05, 3.63) is 75.8 Å². The van der Waals surface area contributed by atoms with Crippen LogP contribution < -0.4 is 10.1 Å². The van der Waals surface area contributed by atoms with Gasteiger partial charge in [-0.1, -0.05) is 29.4 Å². The van der Waals surface area contributed by atoms with Crippen molar-refractivity contribution in [3.63, 3.8) is 0 Å². The summed E-state index contributed by atoms with van der Waals surface area (Å²) in [5.41, 5.74) is 2.43. The number of methoxy groups -OCH3 is 1. The summed E-state index contributed by atoms with van der Waals surface area (Å²) >= 11 is 0. The molecule has 1 aliphatic heterocycles. The lowest BCUT2D eigenvalue weighted by molar-refractivity contribution is -0.384. The zero-order valence-electron chi connectivity index (χ0n) is 13.7. The van der Waals surface area contributed by atoms with Crippen LogP contribution in [0.25, 0.3) is 5.70 Å². The highest BCUT2D eigenvalue weighted by molar-refractivity contribution is 5.77. The van der Waals surface area contributed by atoms with Gasteiger partial charge in [0.1, 0.15) is 11.8 Å². The monoisotopic (exact) mass is 350 g/mol. The molecule has 0 saturated heterocycles. The van der Waals surface area contributed by atoms with Gasteiger partial charge in [-0.2, -0.15) is 4.68 Å². The van der Waals surface area contributed by atoms with E-state index in [1.807, 2.05) is 36.4 Å². The Hall–Kier alpha value is -3.75. The van der Waals surface area contributed by atoms with E-state index in [2.05, 4.69) is 20.8 Å². The molecule has 0 bridgehead atoms. The van der Waals surface area contributed by atoms with Crippen LogP contribution in [0.15, 0.2) is 54.6 Å². The van der Waals surface area contributed by atoms with Crippen LogP contribution in [0.3, 0.4) is 0 Å². The maximum absolute atomic E-state index is 11.1. The van der Waals surface area contributed by atoms with Crippen LogP contribution in [-0.2, 0) is 0 Å². The maximum atomic E-state index is 11.1. The summed E-state index contributed by atoms with van der Waals surface area (Å²) in [6, 6.07) is 13.6. The number of non-ortho nitro benzene ring substituents is 1. The van der Waals surface area contributed by atoms with E-state index in [0.717, 1.165) is 22.6 Å². The lowest BCUT2D eigenvalue weighted by Gasteiger charge is -2.23. The molecule has 1 aromatic heterocycles. The van der Waals surface area contributed by atoms with E-state index in [1.54, 1.807) is 17.9 Å². The average Bonchev–Trinajstić information content (AvgIpc) is 3.16. The number of nitro groups is 1. The molecule has 9 heteroatoms. The largest absolute Gasteiger partial charge is 0.497 e. The first-order valence-electron chi connectivity index (χ1n) is 7.81. The van der Waals surface area contributed by atoms with Crippen LogP contribution in [0.1, 0.15) is 17.2 Å². The number of nitro benzene ring substituents is 1. The molecule has 3 aromatic rings. The molecule has 1 N–H and O–H groups in total. The van der Waals surface area contributed by atoms with Crippen LogP contribution in [0.5, 0.6) is 5.75 Å². The molecular formula is C17H14N6O3. The van der Waals surface area contributed by atoms with Gasteiger partial charge in [-0.05, 0) is 34.2 Å². The predicted molar refractivity (Wildman–Crippen MR) is 93.6 cm³/mol. The number of nitrogens with one attached hydrogen (secondary N) is 1. The van der Waals surface area contributed by atoms with Gasteiger partial charge < -0.3 is 10.1 Å². The van der Waals surface area contributed by atoms with Crippen molar-refractivity contribution in [2.45, 2.75) is 6.04 Å². The summed E-state index contributed by atoms with van der Waals surface area (Å²) in [5.74, 6) is 1.18. The lowest BCUT2D eigenvalue weighted by atomic mass is 10.0. The molecule has 1 aliphatic rings. The van der Waals surface area contributed by atoms with Gasteiger partial charge in [0.15, 0.2) is 0 Å². The van der Waals surface area contributed by atoms with E-state index in [-0.39, 0.29) is 11.7 Å². The molecule has 0 unspecified atom stereocenters. The van der Waals surface area contributed by atoms with Crippen LogP contribution in [-0.4, -0.2) is 32.2 Å². The van der Waals surface area contributed by atoms with Crippen LogP contribution in [0, 0.1) is 10.1 Å². The standard InChI is InChI=1S/C17H14N6O3/c1-26-14-7-3-4-11(9-14)15-10-16(22-17(18-15)19-20-21-22)12-5-2-6-13(8-12)23(24)25/h2-10,16H,1H3,(H,18,19,21)/t16-/m1/s1. The van der Waals surface area contributed by atoms with Gasteiger partial charge in [-0.3, -0.25) is 10.1 Å². The Labute approximate surface area is 148 Å². The van der Waals surface area contributed by atoms with Gasteiger partial charge in [0, 0.05) is 23.4 Å². The first kappa shape index (κ1) is 15.8. The fourth-order valence-electron chi connectivity index (χ4n) is 2.87. The molecular weight excluding hydrogens is 336 g/mol. The van der Waals surface area contributed by atoms with Gasteiger partial charge in [0.2, 0.25) is 5.95 Å². The molecule has 4 rings (SSSR count). The second-order valence-electron chi connectivity index (χ2n) is 5.68. The molecule has 0 saturated carbocycles. The molecule has 2 aromatic carbocycles. The van der Waals surface area contributed by atoms with E-state index < -0.39 is 4.92 Å². The minimum absolute atomic E-state index is 0.0204. The normalized spacial score (nSPS) is 15.6. The fraction of sp³-hybridized carbons (Fsp3) is 0.118. The van der Waals surface area contributed by atoms with Crippen LogP contribution in [0.4, 0.5) is 11.6 Å². The van der Waals surface area contributed by atoms with Gasteiger partial charge >= 0.3 is 0 Å². The molecule has 0 amide bonds. The summed E-state index contributed by atoms with van der Waals surface area (Å²) in [7, 11) is 1.61. The zero-order chi connectivity index (χ0) is 18.1. The van der Waals surface area contributed by atoms with E-state index in [1.165, 1.54) is 12.1 Å². The molecule has 0 radical (unpaired) electrons. The summed E-state index contributed by atoms with van der Waals surface area (Å²) < 4.78 is 6.86. The summed E-state index contributed by atoms with van der Waals surface area (Å²) in [4.78, 5) is 10.7. The van der Waals surface area contributed by atoms with Crippen molar-refractivity contribution in [1.82, 2.24) is 20.2 Å². The number of aromatic nitrogens is 4. The smallest absolute Gasteiger partial charge is 0.269 e. The number of benzene rings is 2. The van der Waals surface area contributed by atoms with E-state index in [9.17, 15) is 10.1 Å². The summed E-state index contributed by atoms with van der Waals surface area (Å²) in [6.45, 7) is 0. The van der Waals surface area contributed by atoms with Crippen molar-refractivity contribution >= 4 is 17.3 Å². The number of fused-ring (bicyclic) bond motifs is 1. The average molecular weight is 350 g/mol. The molecule has 9 nitrogen and oxygen atoms in total. The van der Waals surface area contributed by atoms with Crippen LogP contribution in [0.2, 0.25) is 0 Å². The first-order chi connectivity index (χ1) is 12.7. The Kier molecular flexibility index (Phi) is 3.81. The minimum atomic E-state index is -0.419. The number of nitrogens with zero attached hydrogens (tertiary/aromatic N) is 5. The Morgan fingerprint density at radius 1 is 1.23 bits per heavy atom. The zero-order valence-corrected chi connectivity index (χ0v) is 13.7. The quantitative estimate of drug-likeness (QED) is 0.569. The topological polar surface area (TPSA) is 108 Å². The highest BCUT2D eigenvalue weighted by Crippen LogP contribution is 2.33. The summed E-state index contributed by atoms with van der Waals surface area (Å²) in [5, 5.41) is 26.0. The van der Waals surface area contributed by atoms with Crippen molar-refractivity contribution < 1.29 is 9.66 Å². The molecule has 0 aliphatic carbocycles. The van der Waals surface area contributed by atoms with Crippen molar-refractivity contribution in [3.8, 4) is 5.75 Å². The van der Waals surface area contributed by atoms with Gasteiger partial charge in [-0.25, -0.2) is 0 Å². The maximum Gasteiger partial charge on any atom is 0.269 e. The van der Waals surface area contributed by atoms with Gasteiger partial charge in [0.25, 0.3) is 5.69 Å². The highest BCUT2D eigenvalue weighted by atomic mass is 16.6. The third-order valence-electron chi connectivity index (χ3n) is 4.13. The summed E-state index contributed by atoms with van der Waals surface area (Å²) in [6.07, 6.45) is 1.93. The number of allylic oxidation sites excluding steroid dienone is 1. The molecule has 2 heterocycles. The Bertz CT molecular complexity index is 1010. The minimum Gasteiger partial charge on any atom is -0.497 e. The van der Waals surface area contributed by atoms with Gasteiger partial charge in [-0.15, -0.1) is 0 Å². The highest BCUT2D eigenvalue weighted by Gasteiger charge is 2.25. The van der Waals surface area contributed by atoms with E-state index >= 15 is 0 Å². The van der Waals surface area contributed by atoms with E-state index in [4.69, 9.17) is 4.74 Å². The number of hydrogen-bond acceptors (Lipinski definition) is 7. The number of anilines is 1. The molecule has 130 valence electrons. The van der Waals surface area contributed by atoms with Crippen molar-refractivity contribution in [1.29, 1.82) is 0 Å². The number of rotatable bonds is 4. The SMILES string of the molecule is COc1cccc(C2=C[C@H](c3cccc([N+](=O)[O-])c3)n3nnnc3N2)c1. The third kappa shape index (κ3) is 2.75. The number of ether oxygens (including phenoxy) is 1. The predicted octanol–water partition coefficient (Wildman–Crippen LogP) is 2.65. The first-order valence-corrected chi connectivity index (χ1v) is 7.81. The fourth-order valence-corrected chi connectivity index (χ4v) is 2.87. The Morgan fingerprint density at radius 2 is 2.08 bits per heavy atom. The van der Waals surface area contributed by atoms with Crippen molar-refractivity contribution in [2.75, 3.05) is 12.4 Å². The molecule has 0 fully saturated rings. The second kappa shape index (κ2) is 6.28. The number of tetrazole rings is 1. The third-order valence-corrected chi connectivity index (χ3v) is 4.13. The molecule has 0 spiro atoms. The van der Waals surface area contributed by atoms with Crippen molar-refractivity contribution in [2.24, 2.45) is 0 Å².